The Morgan fingerprint density at radius 1 is 0.542 bits per heavy atom. The summed E-state index contributed by atoms with van der Waals surface area (Å²) in [7, 11) is -5.21. The maximum absolute atomic E-state index is 9.92. The van der Waals surface area contributed by atoms with Crippen molar-refractivity contribution in [1.29, 1.82) is 0 Å². The Balaban J connectivity index is 0.000000302. The highest BCUT2D eigenvalue weighted by Gasteiger charge is 2.45. The van der Waals surface area contributed by atoms with Gasteiger partial charge in [-0.15, -0.1) is 0 Å². The lowest BCUT2D eigenvalue weighted by Crippen LogP contribution is -2.48. The van der Waals surface area contributed by atoms with Gasteiger partial charge >= 0.3 is 0 Å². The lowest BCUT2D eigenvalue weighted by Gasteiger charge is -2.45. The monoisotopic (exact) mass is 1050 g/mol. The fraction of sp³-hybridized carbons (Fsp3) is 0.873. The first kappa shape index (κ1) is 62.2. The molecule has 0 unspecified atom stereocenters. The predicted octanol–water partition coefficient (Wildman–Crippen LogP) is 18.0. The van der Waals surface area contributed by atoms with E-state index in [2.05, 4.69) is 126 Å². The first-order chi connectivity index (χ1) is 33.0. The van der Waals surface area contributed by atoms with E-state index < -0.39 is 30.6 Å². The molecule has 6 aliphatic rings. The molecule has 6 saturated carbocycles. The molecule has 0 saturated heterocycles. The first-order valence-electron chi connectivity index (χ1n) is 29.9. The molecule has 0 aromatic rings. The van der Waals surface area contributed by atoms with Crippen molar-refractivity contribution < 1.29 is 28.6 Å². The highest BCUT2D eigenvalue weighted by Crippen LogP contribution is 2.55. The van der Waals surface area contributed by atoms with Gasteiger partial charge in [-0.05, 0) is 248 Å². The third-order valence-corrected chi connectivity index (χ3v) is 29.5. The molecule has 0 bridgehead atoms. The Bertz CT molecular complexity index is 1800. The SMILES string of the molecule is CC(C)(CCC[C@@H]1CC[C@@]2(CCC/C(=C\C=C3C[C@@H](O[Si](C)(C)C(C)(C)C)C[C@H](O[Si](C)(C)C(C)(C)C)C3)C2)C1)O[Si](C)(C)C.CC(C)(O)CCC[C@@H]1CC[C@@]2(CCC/C(=C\C=C3C[C@@H](O)C[C@H](O)C3)C2)C1. The summed E-state index contributed by atoms with van der Waals surface area (Å²) in [5.41, 5.74) is 6.61. The second-order valence-electron chi connectivity index (χ2n) is 30.7. The van der Waals surface area contributed by atoms with Gasteiger partial charge in [-0.2, -0.15) is 0 Å². The van der Waals surface area contributed by atoms with E-state index in [1.54, 1.807) is 16.7 Å². The molecule has 0 aromatic heterocycles. The summed E-state index contributed by atoms with van der Waals surface area (Å²) in [4.78, 5) is 0. The fourth-order valence-electron chi connectivity index (χ4n) is 13.8. The molecular weight excluding hydrogens is 937 g/mol. The third-order valence-electron chi connectivity index (χ3n) is 19.3. The van der Waals surface area contributed by atoms with Crippen molar-refractivity contribution in [2.45, 2.75) is 328 Å². The number of aliphatic hydroxyl groups excluding tert-OH is 2. The average Bonchev–Trinajstić information content (AvgIpc) is 3.78. The van der Waals surface area contributed by atoms with Crippen LogP contribution in [-0.2, 0) is 13.3 Å². The molecule has 6 rings (SSSR count). The maximum atomic E-state index is 9.92. The number of hydrogen-bond acceptors (Lipinski definition) is 6. The Morgan fingerprint density at radius 2 is 0.944 bits per heavy atom. The zero-order valence-electron chi connectivity index (χ0n) is 50.2. The highest BCUT2D eigenvalue weighted by molar-refractivity contribution is 6.74. The lowest BCUT2D eigenvalue weighted by atomic mass is 9.70. The lowest BCUT2D eigenvalue weighted by molar-refractivity contribution is 0.0608. The van der Waals surface area contributed by atoms with Crippen molar-refractivity contribution in [1.82, 2.24) is 0 Å². The Hall–Kier alpha value is -0.629. The van der Waals surface area contributed by atoms with Crippen LogP contribution in [0.3, 0.4) is 0 Å². The van der Waals surface area contributed by atoms with Gasteiger partial charge in [0.15, 0.2) is 25.0 Å². The molecule has 0 aromatic carbocycles. The van der Waals surface area contributed by atoms with Crippen molar-refractivity contribution in [3.63, 3.8) is 0 Å². The van der Waals surface area contributed by atoms with Crippen LogP contribution in [0.1, 0.15) is 236 Å². The normalized spacial score (nSPS) is 31.7. The summed E-state index contributed by atoms with van der Waals surface area (Å²) >= 11 is 0. The van der Waals surface area contributed by atoms with E-state index in [9.17, 15) is 15.3 Å². The van der Waals surface area contributed by atoms with Crippen molar-refractivity contribution in [2.24, 2.45) is 22.7 Å². The van der Waals surface area contributed by atoms with Gasteiger partial charge in [-0.1, -0.05) is 114 Å². The molecule has 6 nitrogen and oxygen atoms in total. The van der Waals surface area contributed by atoms with Gasteiger partial charge in [0.05, 0.1) is 35.6 Å². The molecule has 6 fully saturated rings. The average molecular weight is 1050 g/mol. The minimum absolute atomic E-state index is 0.0254. The molecule has 3 N–H and O–H groups in total. The van der Waals surface area contributed by atoms with E-state index in [1.165, 1.54) is 121 Å². The summed E-state index contributed by atoms with van der Waals surface area (Å²) in [5, 5.41) is 30.1. The molecule has 8 atom stereocenters. The van der Waals surface area contributed by atoms with Crippen LogP contribution in [-0.4, -0.2) is 75.9 Å². The molecule has 2 spiro atoms. The number of allylic oxidation sites excluding steroid dienone is 6. The van der Waals surface area contributed by atoms with Crippen molar-refractivity contribution in [3.05, 3.63) is 46.6 Å². The van der Waals surface area contributed by atoms with Crippen LogP contribution >= 0.6 is 0 Å². The summed E-state index contributed by atoms with van der Waals surface area (Å²) in [5.74, 6) is 1.75. The fourth-order valence-corrected chi connectivity index (χ4v) is 18.3. The maximum Gasteiger partial charge on any atom is 0.192 e. The summed E-state index contributed by atoms with van der Waals surface area (Å²) in [6, 6.07) is 0. The van der Waals surface area contributed by atoms with Crippen molar-refractivity contribution in [3.8, 4) is 0 Å². The summed E-state index contributed by atoms with van der Waals surface area (Å²) < 4.78 is 20.6. The molecule has 72 heavy (non-hydrogen) atoms. The van der Waals surface area contributed by atoms with Crippen LogP contribution in [0.2, 0.25) is 55.9 Å². The Kier molecular flexibility index (Phi) is 21.6. The van der Waals surface area contributed by atoms with Gasteiger partial charge < -0.3 is 28.6 Å². The van der Waals surface area contributed by atoms with Crippen LogP contribution in [0, 0.1) is 22.7 Å². The van der Waals surface area contributed by atoms with Gasteiger partial charge in [0.25, 0.3) is 0 Å². The minimum atomic E-state index is -1.85. The topological polar surface area (TPSA) is 88.4 Å². The predicted molar refractivity (Wildman–Crippen MR) is 315 cm³/mol. The highest BCUT2D eigenvalue weighted by atomic mass is 28.4. The van der Waals surface area contributed by atoms with Crippen molar-refractivity contribution >= 4 is 25.0 Å². The van der Waals surface area contributed by atoms with E-state index in [1.807, 2.05) is 13.8 Å². The Morgan fingerprint density at radius 3 is 1.35 bits per heavy atom. The zero-order valence-corrected chi connectivity index (χ0v) is 53.2. The smallest absolute Gasteiger partial charge is 0.192 e. The number of aliphatic hydroxyl groups is 3. The van der Waals surface area contributed by atoms with Crippen LogP contribution in [0.25, 0.3) is 0 Å². The molecule has 0 aliphatic heterocycles. The zero-order chi connectivity index (χ0) is 53.6. The molecule has 0 heterocycles. The van der Waals surface area contributed by atoms with Gasteiger partial charge in [0.2, 0.25) is 0 Å². The molecule has 0 amide bonds. The van der Waals surface area contributed by atoms with Gasteiger partial charge in [0, 0.05) is 0 Å². The largest absolute Gasteiger partial charge is 0.414 e. The second kappa shape index (κ2) is 25.0. The van der Waals surface area contributed by atoms with E-state index in [0.29, 0.717) is 17.3 Å². The summed E-state index contributed by atoms with van der Waals surface area (Å²) in [6.07, 6.45) is 40.6. The van der Waals surface area contributed by atoms with Crippen LogP contribution < -0.4 is 0 Å². The third kappa shape index (κ3) is 20.0. The van der Waals surface area contributed by atoms with E-state index in [-0.39, 0.29) is 40.1 Å². The van der Waals surface area contributed by atoms with Gasteiger partial charge in [0.1, 0.15) is 0 Å². The standard InChI is InChI=1S/C39H76O3Si3.C24H40O3/c1-36(2,3)44(12,13)40-34-26-33(27-35(28-34)41-45(14,15)37(4,5)6)21-20-31-19-17-24-39(29-31)25-22-32(30-39)18-16-23-38(7,8)42-43(9,10)11;1-23(2,27)10-3-5-19-9-12-24(17-19)11-4-6-18(16-24)7-8-20-13-21(25)15-22(26)14-20/h20-21,32,34-35H,16-19,22-30H2,1-15H3;7-8,19,21-22,25-27H,3-6,9-17H2,1-2H3/b31-20+;18-7+/t32-,34-,35-,39-;19-,21-,22-,24-/m11/s1. The minimum Gasteiger partial charge on any atom is -0.414 e. The van der Waals surface area contributed by atoms with Gasteiger partial charge in [-0.25, -0.2) is 0 Å². The molecular formula is C63H116O6Si3. The summed E-state index contributed by atoms with van der Waals surface area (Å²) in [6.45, 7) is 39.2. The van der Waals surface area contributed by atoms with Crippen LogP contribution in [0.4, 0.5) is 0 Å². The number of hydrogen-bond donors (Lipinski definition) is 3. The quantitative estimate of drug-likeness (QED) is 0.134. The van der Waals surface area contributed by atoms with Crippen molar-refractivity contribution in [2.75, 3.05) is 0 Å². The van der Waals surface area contributed by atoms with E-state index >= 15 is 0 Å². The Labute approximate surface area is 448 Å². The van der Waals surface area contributed by atoms with Gasteiger partial charge in [-0.3, -0.25) is 0 Å². The van der Waals surface area contributed by atoms with E-state index in [4.69, 9.17) is 13.3 Å². The second-order valence-corrected chi connectivity index (χ2v) is 44.7. The molecule has 0 radical (unpaired) electrons. The van der Waals surface area contributed by atoms with E-state index in [0.717, 1.165) is 56.8 Å². The molecule has 6 aliphatic carbocycles. The molecule has 9 heteroatoms. The first-order valence-corrected chi connectivity index (χ1v) is 39.2. The number of rotatable bonds is 16. The van der Waals surface area contributed by atoms with Crippen LogP contribution in [0.5, 0.6) is 0 Å². The molecule has 416 valence electrons. The van der Waals surface area contributed by atoms with Crippen LogP contribution in [0.15, 0.2) is 46.6 Å².